The minimum absolute atomic E-state index is 0.115. The van der Waals surface area contributed by atoms with Gasteiger partial charge in [-0.3, -0.25) is 14.4 Å². The van der Waals surface area contributed by atoms with Gasteiger partial charge in [-0.25, -0.2) is 0 Å². The largest absolute Gasteiger partial charge is 0.462 e. The Kier molecular flexibility index (Phi) is 64.0. The molecule has 0 aliphatic rings. The summed E-state index contributed by atoms with van der Waals surface area (Å²) in [6.07, 6.45) is 104. The molecular weight excluding hydrogens is 1020 g/mol. The first-order chi connectivity index (χ1) is 41.0. The Morgan fingerprint density at radius 3 is 0.675 bits per heavy atom. The monoisotopic (exact) mass is 1140 g/mol. The molecule has 6 heteroatoms. The lowest BCUT2D eigenvalue weighted by Crippen LogP contribution is -2.30. The van der Waals surface area contributed by atoms with E-state index in [9.17, 15) is 14.4 Å². The van der Waals surface area contributed by atoms with Gasteiger partial charge in [-0.15, -0.1) is 0 Å². The molecule has 0 radical (unpaired) electrons. The van der Waals surface area contributed by atoms with Gasteiger partial charge in [0.25, 0.3) is 0 Å². The van der Waals surface area contributed by atoms with Crippen LogP contribution in [0.3, 0.4) is 0 Å². The van der Waals surface area contributed by atoms with E-state index in [1.165, 1.54) is 12.8 Å². The van der Waals surface area contributed by atoms with Gasteiger partial charge in [0.05, 0.1) is 0 Å². The minimum atomic E-state index is -0.824. The summed E-state index contributed by atoms with van der Waals surface area (Å²) in [6.45, 7) is 6.24. The van der Waals surface area contributed by atoms with E-state index in [4.69, 9.17) is 14.2 Å². The number of unbranched alkanes of at least 4 members (excludes halogenated alkanes) is 14. The number of ether oxygens (including phenoxy) is 3. The van der Waals surface area contributed by atoms with Gasteiger partial charge >= 0.3 is 17.9 Å². The van der Waals surface area contributed by atoms with E-state index in [1.54, 1.807) is 0 Å². The van der Waals surface area contributed by atoms with Crippen LogP contribution < -0.4 is 0 Å². The minimum Gasteiger partial charge on any atom is -0.462 e. The maximum absolute atomic E-state index is 12.9. The van der Waals surface area contributed by atoms with E-state index < -0.39 is 6.10 Å². The zero-order valence-corrected chi connectivity index (χ0v) is 52.9. The highest BCUT2D eigenvalue weighted by Crippen LogP contribution is 2.13. The lowest BCUT2D eigenvalue weighted by Gasteiger charge is -2.18. The highest BCUT2D eigenvalue weighted by molar-refractivity contribution is 5.71. The average Bonchev–Trinajstić information content (AvgIpc) is 3.49. The number of esters is 3. The zero-order valence-electron chi connectivity index (χ0n) is 52.9. The molecule has 0 heterocycles. The molecule has 1 atom stereocenters. The Hall–Kier alpha value is -5.75. The first-order valence-electron chi connectivity index (χ1n) is 32.9. The van der Waals surface area contributed by atoms with Crippen molar-refractivity contribution in [1.82, 2.24) is 0 Å². The molecule has 83 heavy (non-hydrogen) atoms. The second-order valence-corrected chi connectivity index (χ2v) is 20.9. The van der Waals surface area contributed by atoms with Gasteiger partial charge in [-0.2, -0.15) is 0 Å². The smallest absolute Gasteiger partial charge is 0.306 e. The van der Waals surface area contributed by atoms with Gasteiger partial charge < -0.3 is 14.2 Å². The van der Waals surface area contributed by atoms with Crippen LogP contribution in [-0.2, 0) is 28.6 Å². The molecule has 0 bridgehead atoms. The van der Waals surface area contributed by atoms with Gasteiger partial charge in [-0.1, -0.05) is 267 Å². The molecule has 0 amide bonds. The van der Waals surface area contributed by atoms with Gasteiger partial charge in [0.15, 0.2) is 6.10 Å². The summed E-state index contributed by atoms with van der Waals surface area (Å²) in [6, 6.07) is 0. The first kappa shape index (κ1) is 77.2. The maximum atomic E-state index is 12.9. The molecule has 0 aromatic rings. The van der Waals surface area contributed by atoms with E-state index in [0.29, 0.717) is 12.8 Å². The topological polar surface area (TPSA) is 78.9 Å². The standard InChI is InChI=1S/C77H118O6/c1-4-7-10-13-16-19-22-25-28-31-34-36-38-40-43-46-49-52-55-58-61-64-67-70-76(79)82-73-74(72-81-75(78)69-66-63-60-57-54-51-48-45-42-33-30-27-24-21-18-15-12-9-6-3)83-77(80)71-68-65-62-59-56-53-50-47-44-41-39-37-35-32-29-26-23-20-17-14-11-8-5-2/h7-12,16-21,25-30,34-37,40-45,49-50,52-53,74H,4-6,13-15,22-24,31-33,38-39,46-48,51,54-73H2,1-3H3/b10-7-,11-8-,12-9-,19-16-,20-17-,21-18-,28-25-,29-26-,30-27-,36-34-,37-35-,43-40-,44-41-,45-42-,52-49-,53-50-. The SMILES string of the molecule is CC/C=C\C/C=C\C/C=C\C/C=C\C/C=C\C/C=C\CCCCCCC(=O)OCC(COC(=O)CCCCCCCC/C=C\C/C=C\C/C=C\C/C=C\CC)OC(=O)CCCCCC/C=C\C/C=C\C/C=C\C/C=C\C/C=C\C/C=C\CC. The van der Waals surface area contributed by atoms with Crippen LogP contribution in [0.25, 0.3) is 0 Å². The van der Waals surface area contributed by atoms with Crippen molar-refractivity contribution in [3.63, 3.8) is 0 Å². The van der Waals surface area contributed by atoms with Crippen molar-refractivity contribution in [3.05, 3.63) is 194 Å². The molecule has 0 rings (SSSR count). The summed E-state index contributed by atoms with van der Waals surface area (Å²) in [5, 5.41) is 0. The van der Waals surface area contributed by atoms with Crippen LogP contribution in [0.5, 0.6) is 0 Å². The van der Waals surface area contributed by atoms with Crippen LogP contribution in [0, 0.1) is 0 Å². The molecule has 0 saturated heterocycles. The number of hydrogen-bond donors (Lipinski definition) is 0. The predicted octanol–water partition coefficient (Wildman–Crippen LogP) is 23.0. The van der Waals surface area contributed by atoms with Crippen LogP contribution in [0.15, 0.2) is 194 Å². The predicted molar refractivity (Wildman–Crippen MR) is 361 cm³/mol. The summed E-state index contributed by atoms with van der Waals surface area (Å²) >= 11 is 0. The Bertz CT molecular complexity index is 1990. The van der Waals surface area contributed by atoms with Gasteiger partial charge in [0, 0.05) is 19.3 Å². The third-order valence-electron chi connectivity index (χ3n) is 13.1. The molecule has 0 N–H and O–H groups in total. The third kappa shape index (κ3) is 66.9. The van der Waals surface area contributed by atoms with Crippen LogP contribution in [0.4, 0.5) is 0 Å². The Balaban J connectivity index is 4.58. The second kappa shape index (κ2) is 68.7. The number of rotatable bonds is 57. The van der Waals surface area contributed by atoms with Crippen molar-refractivity contribution in [3.8, 4) is 0 Å². The quantitative estimate of drug-likeness (QED) is 0.0261. The molecule has 0 aliphatic carbocycles. The summed E-state index contributed by atoms with van der Waals surface area (Å²) in [5.74, 6) is -0.986. The normalized spacial score (nSPS) is 13.4. The van der Waals surface area contributed by atoms with Crippen LogP contribution in [0.1, 0.15) is 252 Å². The molecule has 0 aromatic carbocycles. The molecule has 462 valence electrons. The highest BCUT2D eigenvalue weighted by Gasteiger charge is 2.19. The van der Waals surface area contributed by atoms with Crippen LogP contribution in [0.2, 0.25) is 0 Å². The number of carbonyl (C=O) groups excluding carboxylic acids is 3. The molecule has 0 fully saturated rings. The number of hydrogen-bond acceptors (Lipinski definition) is 6. The molecule has 1 unspecified atom stereocenters. The molecule has 0 spiro atoms. The lowest BCUT2D eigenvalue weighted by atomic mass is 10.1. The van der Waals surface area contributed by atoms with E-state index in [1.807, 2.05) is 0 Å². The fourth-order valence-electron chi connectivity index (χ4n) is 8.26. The summed E-state index contributed by atoms with van der Waals surface area (Å²) in [5.41, 5.74) is 0. The Morgan fingerprint density at radius 1 is 0.241 bits per heavy atom. The van der Waals surface area contributed by atoms with Crippen molar-refractivity contribution < 1.29 is 28.6 Å². The molecule has 0 aliphatic heterocycles. The van der Waals surface area contributed by atoms with Crippen LogP contribution in [-0.4, -0.2) is 37.2 Å². The summed E-state index contributed by atoms with van der Waals surface area (Å²) in [7, 11) is 0. The maximum Gasteiger partial charge on any atom is 0.306 e. The Labute approximate surface area is 509 Å². The first-order valence-corrected chi connectivity index (χ1v) is 32.9. The van der Waals surface area contributed by atoms with Crippen molar-refractivity contribution >= 4 is 17.9 Å². The van der Waals surface area contributed by atoms with E-state index in [-0.39, 0.29) is 37.5 Å². The molecule has 0 aromatic heterocycles. The fourth-order valence-corrected chi connectivity index (χ4v) is 8.26. The van der Waals surface area contributed by atoms with E-state index in [0.717, 1.165) is 199 Å². The number of allylic oxidation sites excluding steroid dienone is 32. The van der Waals surface area contributed by atoms with E-state index >= 15 is 0 Å². The second-order valence-electron chi connectivity index (χ2n) is 20.9. The van der Waals surface area contributed by atoms with Crippen molar-refractivity contribution in [2.24, 2.45) is 0 Å². The lowest BCUT2D eigenvalue weighted by molar-refractivity contribution is -0.167. The van der Waals surface area contributed by atoms with Gasteiger partial charge in [0.1, 0.15) is 13.2 Å². The third-order valence-corrected chi connectivity index (χ3v) is 13.1. The van der Waals surface area contributed by atoms with Gasteiger partial charge in [-0.05, 0) is 161 Å². The molecular formula is C77H118O6. The van der Waals surface area contributed by atoms with Gasteiger partial charge in [0.2, 0.25) is 0 Å². The Morgan fingerprint density at radius 2 is 0.434 bits per heavy atom. The van der Waals surface area contributed by atoms with E-state index in [2.05, 4.69) is 215 Å². The molecule has 0 saturated carbocycles. The van der Waals surface area contributed by atoms with Crippen molar-refractivity contribution in [1.29, 1.82) is 0 Å². The number of carbonyl (C=O) groups is 3. The summed E-state index contributed by atoms with van der Waals surface area (Å²) < 4.78 is 16.9. The molecule has 6 nitrogen and oxygen atoms in total. The average molecular weight is 1140 g/mol. The fraction of sp³-hybridized carbons (Fsp3) is 0.545. The summed E-state index contributed by atoms with van der Waals surface area (Å²) in [4.78, 5) is 38.4. The van der Waals surface area contributed by atoms with Crippen molar-refractivity contribution in [2.75, 3.05) is 13.2 Å². The highest BCUT2D eigenvalue weighted by atomic mass is 16.6. The van der Waals surface area contributed by atoms with Crippen molar-refractivity contribution in [2.45, 2.75) is 258 Å². The van der Waals surface area contributed by atoms with Crippen LogP contribution >= 0.6 is 0 Å². The zero-order chi connectivity index (χ0) is 59.9.